The summed E-state index contributed by atoms with van der Waals surface area (Å²) < 4.78 is 5.44. The van der Waals surface area contributed by atoms with E-state index in [4.69, 9.17) is 4.74 Å². The summed E-state index contributed by atoms with van der Waals surface area (Å²) in [5.41, 5.74) is 1.79. The molecule has 1 aromatic carbocycles. The summed E-state index contributed by atoms with van der Waals surface area (Å²) in [5.74, 6) is -0.170. The van der Waals surface area contributed by atoms with E-state index in [2.05, 4.69) is 10.2 Å². The van der Waals surface area contributed by atoms with Crippen molar-refractivity contribution >= 4 is 5.97 Å². The van der Waals surface area contributed by atoms with Gasteiger partial charge in [0.05, 0.1) is 5.56 Å². The molecular weight excluding hydrogens is 228 g/mol. The van der Waals surface area contributed by atoms with Gasteiger partial charge in [0.2, 0.25) is 0 Å². The van der Waals surface area contributed by atoms with Gasteiger partial charge in [-0.2, -0.15) is 0 Å². The lowest BCUT2D eigenvalue weighted by Gasteiger charge is -2.27. The van der Waals surface area contributed by atoms with E-state index in [1.165, 1.54) is 0 Å². The van der Waals surface area contributed by atoms with Crippen molar-refractivity contribution in [2.45, 2.75) is 12.5 Å². The molecule has 2 aliphatic heterocycles. The number of nitrogens with zero attached hydrogens (tertiary/aromatic N) is 1. The molecule has 2 heterocycles. The van der Waals surface area contributed by atoms with E-state index < -0.39 is 0 Å². The summed E-state index contributed by atoms with van der Waals surface area (Å²) in [6, 6.07) is 7.71. The van der Waals surface area contributed by atoms with Crippen molar-refractivity contribution in [3.8, 4) is 0 Å². The summed E-state index contributed by atoms with van der Waals surface area (Å²) in [4.78, 5) is 14.1. The predicted octanol–water partition coefficient (Wildman–Crippen LogP) is 1.19. The van der Waals surface area contributed by atoms with Crippen LogP contribution in [0.5, 0.6) is 0 Å². The van der Waals surface area contributed by atoms with Crippen LogP contribution in [0.4, 0.5) is 0 Å². The van der Waals surface area contributed by atoms with Gasteiger partial charge < -0.3 is 15.0 Å². The van der Waals surface area contributed by atoms with E-state index in [1.54, 1.807) is 0 Å². The number of benzene rings is 1. The predicted molar refractivity (Wildman–Crippen MR) is 68.5 cm³/mol. The number of hydrogen-bond donors (Lipinski definition) is 1. The first-order chi connectivity index (χ1) is 8.84. The fourth-order valence-corrected chi connectivity index (χ4v) is 2.67. The Balaban J connectivity index is 1.62. The van der Waals surface area contributed by atoms with Crippen LogP contribution in [0, 0.1) is 0 Å². The number of carbonyl (C=O) groups excluding carboxylic acids is 1. The largest absolute Gasteiger partial charge is 0.454 e. The average Bonchev–Trinajstić information content (AvgIpc) is 2.75. The Morgan fingerprint density at radius 1 is 1.28 bits per heavy atom. The molecule has 1 atom stereocenters. The van der Waals surface area contributed by atoms with Crippen LogP contribution >= 0.6 is 0 Å². The molecule has 1 fully saturated rings. The fourth-order valence-electron chi connectivity index (χ4n) is 2.67. The van der Waals surface area contributed by atoms with Crippen LogP contribution < -0.4 is 5.32 Å². The second-order valence-electron chi connectivity index (χ2n) is 4.86. The normalized spacial score (nSPS) is 23.8. The van der Waals surface area contributed by atoms with Crippen molar-refractivity contribution < 1.29 is 9.53 Å². The fraction of sp³-hybridized carbons (Fsp3) is 0.500. The number of rotatable bonds is 3. The molecule has 4 nitrogen and oxygen atoms in total. The third-order valence-electron chi connectivity index (χ3n) is 3.69. The van der Waals surface area contributed by atoms with E-state index in [-0.39, 0.29) is 12.1 Å². The van der Waals surface area contributed by atoms with Crippen molar-refractivity contribution in [2.24, 2.45) is 0 Å². The Labute approximate surface area is 107 Å². The van der Waals surface area contributed by atoms with Crippen LogP contribution in [-0.2, 0) is 4.74 Å². The second-order valence-corrected chi connectivity index (χ2v) is 4.86. The van der Waals surface area contributed by atoms with Crippen LogP contribution in [-0.4, -0.2) is 43.6 Å². The van der Waals surface area contributed by atoms with Gasteiger partial charge in [-0.05, 0) is 6.07 Å². The van der Waals surface area contributed by atoms with Crippen molar-refractivity contribution in [1.29, 1.82) is 0 Å². The third kappa shape index (κ3) is 2.26. The van der Waals surface area contributed by atoms with Crippen LogP contribution in [0.3, 0.4) is 0 Å². The van der Waals surface area contributed by atoms with Gasteiger partial charge in [0.25, 0.3) is 0 Å². The standard InChI is InChI=1S/C14H18N2O2/c17-14-12-4-2-1-3-11(12)13(18-14)5-8-16-9-6-15-7-10-16/h1-4,13,15H,5-10H2. The van der Waals surface area contributed by atoms with Crippen LogP contribution in [0.25, 0.3) is 0 Å². The molecule has 1 N–H and O–H groups in total. The molecule has 96 valence electrons. The van der Waals surface area contributed by atoms with E-state index >= 15 is 0 Å². The first-order valence-corrected chi connectivity index (χ1v) is 6.57. The molecule has 3 rings (SSSR count). The van der Waals surface area contributed by atoms with E-state index in [0.717, 1.165) is 50.3 Å². The highest BCUT2D eigenvalue weighted by molar-refractivity contribution is 5.93. The zero-order valence-electron chi connectivity index (χ0n) is 10.4. The summed E-state index contributed by atoms with van der Waals surface area (Å²) in [7, 11) is 0. The van der Waals surface area contributed by atoms with Gasteiger partial charge in [-0.25, -0.2) is 4.79 Å². The minimum atomic E-state index is -0.170. The first kappa shape index (κ1) is 11.7. The minimum Gasteiger partial charge on any atom is -0.454 e. The summed E-state index contributed by atoms with van der Waals surface area (Å²) in [6.45, 7) is 5.28. The van der Waals surface area contributed by atoms with Crippen molar-refractivity contribution in [2.75, 3.05) is 32.7 Å². The van der Waals surface area contributed by atoms with Gasteiger partial charge in [-0.3, -0.25) is 0 Å². The molecule has 1 saturated heterocycles. The number of cyclic esters (lactones) is 1. The molecule has 0 saturated carbocycles. The van der Waals surface area contributed by atoms with Crippen LogP contribution in [0.15, 0.2) is 24.3 Å². The van der Waals surface area contributed by atoms with Crippen molar-refractivity contribution in [3.63, 3.8) is 0 Å². The molecule has 0 aliphatic carbocycles. The Hall–Kier alpha value is -1.39. The number of carbonyl (C=O) groups is 1. The summed E-state index contributed by atoms with van der Waals surface area (Å²) in [6.07, 6.45) is 0.839. The van der Waals surface area contributed by atoms with Crippen LogP contribution in [0.1, 0.15) is 28.4 Å². The molecule has 1 unspecified atom stereocenters. The Morgan fingerprint density at radius 3 is 2.89 bits per heavy atom. The summed E-state index contributed by atoms with van der Waals surface area (Å²) in [5, 5.41) is 3.34. The zero-order chi connectivity index (χ0) is 12.4. The topological polar surface area (TPSA) is 41.6 Å². The van der Waals surface area contributed by atoms with Crippen LogP contribution in [0.2, 0.25) is 0 Å². The maximum absolute atomic E-state index is 11.7. The Bertz CT molecular complexity index is 441. The Morgan fingerprint density at radius 2 is 2.06 bits per heavy atom. The number of nitrogens with one attached hydrogen (secondary N) is 1. The number of fused-ring (bicyclic) bond motifs is 1. The minimum absolute atomic E-state index is 0.0522. The molecular formula is C14H18N2O2. The smallest absolute Gasteiger partial charge is 0.339 e. The molecule has 0 bridgehead atoms. The molecule has 0 spiro atoms. The van der Waals surface area contributed by atoms with Gasteiger partial charge >= 0.3 is 5.97 Å². The van der Waals surface area contributed by atoms with E-state index in [1.807, 2.05) is 24.3 Å². The van der Waals surface area contributed by atoms with E-state index in [0.29, 0.717) is 0 Å². The van der Waals surface area contributed by atoms with Crippen molar-refractivity contribution in [1.82, 2.24) is 10.2 Å². The van der Waals surface area contributed by atoms with Crippen molar-refractivity contribution in [3.05, 3.63) is 35.4 Å². The number of ether oxygens (including phenoxy) is 1. The quantitative estimate of drug-likeness (QED) is 0.814. The lowest BCUT2D eigenvalue weighted by Crippen LogP contribution is -2.44. The molecule has 2 aliphatic rings. The third-order valence-corrected chi connectivity index (χ3v) is 3.69. The SMILES string of the molecule is O=C1OC(CCN2CCNCC2)c2ccccc21. The molecule has 4 heteroatoms. The molecule has 1 aromatic rings. The number of hydrogen-bond acceptors (Lipinski definition) is 4. The maximum Gasteiger partial charge on any atom is 0.339 e. The van der Waals surface area contributed by atoms with Gasteiger partial charge in [0.15, 0.2) is 0 Å². The number of esters is 1. The molecule has 0 aromatic heterocycles. The highest BCUT2D eigenvalue weighted by Crippen LogP contribution is 2.32. The maximum atomic E-state index is 11.7. The monoisotopic (exact) mass is 246 g/mol. The van der Waals surface area contributed by atoms with Gasteiger partial charge in [0, 0.05) is 44.7 Å². The number of piperazine rings is 1. The molecule has 0 amide bonds. The lowest BCUT2D eigenvalue weighted by atomic mass is 10.0. The Kier molecular flexibility index (Phi) is 3.30. The van der Waals surface area contributed by atoms with Gasteiger partial charge in [0.1, 0.15) is 6.10 Å². The highest BCUT2D eigenvalue weighted by Gasteiger charge is 2.30. The molecule has 0 radical (unpaired) electrons. The highest BCUT2D eigenvalue weighted by atomic mass is 16.5. The zero-order valence-corrected chi connectivity index (χ0v) is 10.4. The first-order valence-electron chi connectivity index (χ1n) is 6.57. The molecule has 18 heavy (non-hydrogen) atoms. The van der Waals surface area contributed by atoms with Gasteiger partial charge in [-0.15, -0.1) is 0 Å². The second kappa shape index (κ2) is 5.08. The van der Waals surface area contributed by atoms with E-state index in [9.17, 15) is 4.79 Å². The van der Waals surface area contributed by atoms with Gasteiger partial charge in [-0.1, -0.05) is 18.2 Å². The summed E-state index contributed by atoms with van der Waals surface area (Å²) >= 11 is 0. The lowest BCUT2D eigenvalue weighted by molar-refractivity contribution is 0.0342. The average molecular weight is 246 g/mol.